The molecule has 20 heavy (non-hydrogen) atoms. The minimum absolute atomic E-state index is 0.00378. The number of thiophene rings is 1. The van der Waals surface area contributed by atoms with Gasteiger partial charge in [-0.3, -0.25) is 4.79 Å². The standard InChI is InChI=1S/C14H15N3O2S/c1-10-4-5-13(16-15-10)19-11-6-7-17(9-11)14(18)12-3-2-8-20-12/h2-5,8,11H,6-7,9H2,1H3/t11-/m1/s1. The van der Waals surface area contributed by atoms with Gasteiger partial charge in [-0.2, -0.15) is 5.10 Å². The van der Waals surface area contributed by atoms with Crippen molar-refractivity contribution in [1.29, 1.82) is 0 Å². The Balaban J connectivity index is 1.59. The molecule has 0 aliphatic carbocycles. The maximum Gasteiger partial charge on any atom is 0.264 e. The molecular weight excluding hydrogens is 274 g/mol. The van der Waals surface area contributed by atoms with Gasteiger partial charge in [0, 0.05) is 19.0 Å². The van der Waals surface area contributed by atoms with Crippen LogP contribution in [0.4, 0.5) is 0 Å². The quantitative estimate of drug-likeness (QED) is 0.868. The molecule has 0 spiro atoms. The first-order valence-corrected chi connectivity index (χ1v) is 7.40. The van der Waals surface area contributed by atoms with Crippen LogP contribution in [0.1, 0.15) is 21.8 Å². The van der Waals surface area contributed by atoms with Crippen molar-refractivity contribution in [2.24, 2.45) is 0 Å². The molecule has 1 aliphatic rings. The minimum Gasteiger partial charge on any atom is -0.471 e. The van der Waals surface area contributed by atoms with Crippen LogP contribution in [0.3, 0.4) is 0 Å². The van der Waals surface area contributed by atoms with Crippen LogP contribution in [0.25, 0.3) is 0 Å². The zero-order valence-electron chi connectivity index (χ0n) is 11.2. The van der Waals surface area contributed by atoms with Crippen molar-refractivity contribution >= 4 is 17.2 Å². The van der Waals surface area contributed by atoms with Crippen LogP contribution in [-0.4, -0.2) is 40.2 Å². The van der Waals surface area contributed by atoms with Crippen LogP contribution in [0, 0.1) is 6.92 Å². The summed E-state index contributed by atoms with van der Waals surface area (Å²) in [4.78, 5) is 14.8. The SMILES string of the molecule is Cc1ccc(O[C@@H]2CCN(C(=O)c3cccs3)C2)nn1. The van der Waals surface area contributed by atoms with Crippen molar-refractivity contribution in [1.82, 2.24) is 15.1 Å². The van der Waals surface area contributed by atoms with Crippen LogP contribution in [0.15, 0.2) is 29.6 Å². The van der Waals surface area contributed by atoms with Crippen LogP contribution in [0.2, 0.25) is 0 Å². The summed E-state index contributed by atoms with van der Waals surface area (Å²) in [6.45, 7) is 3.21. The number of rotatable bonds is 3. The smallest absolute Gasteiger partial charge is 0.264 e. The van der Waals surface area contributed by atoms with E-state index in [4.69, 9.17) is 4.74 Å². The molecule has 0 radical (unpaired) electrons. The maximum absolute atomic E-state index is 12.2. The van der Waals surface area contributed by atoms with E-state index in [9.17, 15) is 4.79 Å². The molecule has 0 N–H and O–H groups in total. The second-order valence-electron chi connectivity index (χ2n) is 4.77. The van der Waals surface area contributed by atoms with Crippen LogP contribution in [-0.2, 0) is 0 Å². The molecule has 2 aromatic rings. The van der Waals surface area contributed by atoms with Crippen LogP contribution >= 0.6 is 11.3 Å². The van der Waals surface area contributed by atoms with E-state index in [1.165, 1.54) is 11.3 Å². The third-order valence-electron chi connectivity index (χ3n) is 3.23. The molecule has 1 atom stereocenters. The van der Waals surface area contributed by atoms with Gasteiger partial charge < -0.3 is 9.64 Å². The molecule has 0 saturated carbocycles. The van der Waals surface area contributed by atoms with E-state index in [1.807, 2.05) is 41.5 Å². The van der Waals surface area contributed by atoms with Crippen molar-refractivity contribution < 1.29 is 9.53 Å². The summed E-state index contributed by atoms with van der Waals surface area (Å²) in [5.41, 5.74) is 0.860. The van der Waals surface area contributed by atoms with Gasteiger partial charge in [-0.1, -0.05) is 6.07 Å². The Morgan fingerprint density at radius 1 is 1.40 bits per heavy atom. The number of ether oxygens (including phenoxy) is 1. The molecule has 5 nitrogen and oxygen atoms in total. The highest BCUT2D eigenvalue weighted by molar-refractivity contribution is 7.12. The normalized spacial score (nSPS) is 18.2. The van der Waals surface area contributed by atoms with Gasteiger partial charge in [-0.15, -0.1) is 16.4 Å². The Morgan fingerprint density at radius 3 is 3.00 bits per heavy atom. The summed E-state index contributed by atoms with van der Waals surface area (Å²) in [5.74, 6) is 0.604. The van der Waals surface area contributed by atoms with Gasteiger partial charge in [-0.05, 0) is 24.4 Å². The number of aromatic nitrogens is 2. The van der Waals surface area contributed by atoms with Gasteiger partial charge in [-0.25, -0.2) is 0 Å². The fourth-order valence-corrected chi connectivity index (χ4v) is 2.88. The van der Waals surface area contributed by atoms with Crippen LogP contribution in [0.5, 0.6) is 5.88 Å². The molecule has 1 amide bonds. The molecule has 0 aromatic carbocycles. The Morgan fingerprint density at radius 2 is 2.30 bits per heavy atom. The highest BCUT2D eigenvalue weighted by Crippen LogP contribution is 2.20. The second kappa shape index (κ2) is 5.58. The molecule has 2 aromatic heterocycles. The third-order valence-corrected chi connectivity index (χ3v) is 4.08. The van der Waals surface area contributed by atoms with E-state index in [2.05, 4.69) is 10.2 Å². The Labute approximate surface area is 121 Å². The fraction of sp³-hybridized carbons (Fsp3) is 0.357. The zero-order valence-corrected chi connectivity index (χ0v) is 12.0. The van der Waals surface area contributed by atoms with E-state index >= 15 is 0 Å². The Hall–Kier alpha value is -1.95. The molecule has 3 rings (SSSR count). The van der Waals surface area contributed by atoms with E-state index in [0.717, 1.165) is 23.5 Å². The largest absolute Gasteiger partial charge is 0.471 e. The van der Waals surface area contributed by atoms with E-state index in [0.29, 0.717) is 12.4 Å². The average Bonchev–Trinajstić information content (AvgIpc) is 3.12. The number of nitrogens with zero attached hydrogens (tertiary/aromatic N) is 3. The summed E-state index contributed by atoms with van der Waals surface area (Å²) < 4.78 is 5.76. The number of amides is 1. The number of carbonyl (C=O) groups is 1. The monoisotopic (exact) mass is 289 g/mol. The lowest BCUT2D eigenvalue weighted by molar-refractivity contribution is 0.0775. The summed E-state index contributed by atoms with van der Waals surface area (Å²) in [7, 11) is 0. The highest BCUT2D eigenvalue weighted by atomic mass is 32.1. The van der Waals surface area contributed by atoms with Crippen molar-refractivity contribution in [3.8, 4) is 5.88 Å². The topological polar surface area (TPSA) is 55.3 Å². The van der Waals surface area contributed by atoms with Gasteiger partial charge in [0.15, 0.2) is 0 Å². The molecule has 6 heteroatoms. The van der Waals surface area contributed by atoms with Crippen molar-refractivity contribution in [2.45, 2.75) is 19.4 Å². The molecule has 1 aliphatic heterocycles. The lowest BCUT2D eigenvalue weighted by Gasteiger charge is -2.16. The lowest BCUT2D eigenvalue weighted by Crippen LogP contribution is -2.30. The highest BCUT2D eigenvalue weighted by Gasteiger charge is 2.28. The van der Waals surface area contributed by atoms with Gasteiger partial charge >= 0.3 is 0 Å². The maximum atomic E-state index is 12.2. The summed E-state index contributed by atoms with van der Waals surface area (Å²) in [6, 6.07) is 7.43. The van der Waals surface area contributed by atoms with Crippen molar-refractivity contribution in [3.63, 3.8) is 0 Å². The first-order chi connectivity index (χ1) is 9.72. The first kappa shape index (κ1) is 13.1. The second-order valence-corrected chi connectivity index (χ2v) is 5.72. The minimum atomic E-state index is -0.00378. The number of hydrogen-bond acceptors (Lipinski definition) is 5. The molecule has 0 unspecified atom stereocenters. The summed E-state index contributed by atoms with van der Waals surface area (Å²) in [5, 5.41) is 9.87. The Bertz CT molecular complexity index is 583. The summed E-state index contributed by atoms with van der Waals surface area (Å²) >= 11 is 1.47. The first-order valence-electron chi connectivity index (χ1n) is 6.52. The molecule has 1 saturated heterocycles. The number of aryl methyl sites for hydroxylation is 1. The van der Waals surface area contributed by atoms with Gasteiger partial charge in [0.1, 0.15) is 6.10 Å². The molecule has 104 valence electrons. The van der Waals surface area contributed by atoms with Crippen molar-refractivity contribution in [3.05, 3.63) is 40.2 Å². The summed E-state index contributed by atoms with van der Waals surface area (Å²) in [6.07, 6.45) is 0.822. The lowest BCUT2D eigenvalue weighted by atomic mass is 10.3. The fourth-order valence-electron chi connectivity index (χ4n) is 2.19. The van der Waals surface area contributed by atoms with E-state index in [1.54, 1.807) is 0 Å². The zero-order chi connectivity index (χ0) is 13.9. The molecule has 3 heterocycles. The third kappa shape index (κ3) is 2.80. The van der Waals surface area contributed by atoms with Gasteiger partial charge in [0.2, 0.25) is 5.88 Å². The number of hydrogen-bond donors (Lipinski definition) is 0. The number of carbonyl (C=O) groups excluding carboxylic acids is 1. The van der Waals surface area contributed by atoms with Gasteiger partial charge in [0.25, 0.3) is 5.91 Å². The predicted octanol–water partition coefficient (Wildman–Crippen LogP) is 2.14. The Kier molecular flexibility index (Phi) is 3.64. The van der Waals surface area contributed by atoms with E-state index < -0.39 is 0 Å². The van der Waals surface area contributed by atoms with Crippen LogP contribution < -0.4 is 4.74 Å². The number of likely N-dealkylation sites (tertiary alicyclic amines) is 1. The molecule has 0 bridgehead atoms. The average molecular weight is 289 g/mol. The molecule has 1 fully saturated rings. The van der Waals surface area contributed by atoms with Crippen molar-refractivity contribution in [2.75, 3.05) is 13.1 Å². The predicted molar refractivity (Wildman–Crippen MR) is 76.0 cm³/mol. The molecular formula is C14H15N3O2S. The van der Waals surface area contributed by atoms with E-state index in [-0.39, 0.29) is 12.0 Å². The van der Waals surface area contributed by atoms with Gasteiger partial charge in [0.05, 0.1) is 17.1 Å².